The van der Waals surface area contributed by atoms with Crippen molar-refractivity contribution in [1.29, 1.82) is 0 Å². The van der Waals surface area contributed by atoms with Gasteiger partial charge in [-0.3, -0.25) is 0 Å². The molecule has 1 aliphatic rings. The minimum atomic E-state index is -0.967. The van der Waals surface area contributed by atoms with Gasteiger partial charge < -0.3 is 9.84 Å². The first-order valence-corrected chi connectivity index (χ1v) is 3.94. The van der Waals surface area contributed by atoms with Gasteiger partial charge in [-0.1, -0.05) is 24.3 Å². The lowest BCUT2D eigenvalue weighted by Gasteiger charge is -2.17. The smallest absolute Gasteiger partial charge is 0.349 e. The molecule has 0 aromatic heterocycles. The van der Waals surface area contributed by atoms with E-state index in [0.717, 1.165) is 5.56 Å². The molecule has 0 saturated carbocycles. The molecule has 0 amide bonds. The number of hydrogen-bond acceptors (Lipinski definition) is 2. The second-order valence-corrected chi connectivity index (χ2v) is 2.77. The maximum Gasteiger partial charge on any atom is 0.349 e. The van der Waals surface area contributed by atoms with Gasteiger partial charge in [0.15, 0.2) is 0 Å². The number of aliphatic carboxylic acids is 1. The molecule has 3 nitrogen and oxygen atoms in total. The number of benzene rings is 1. The van der Waals surface area contributed by atoms with E-state index in [2.05, 4.69) is 0 Å². The van der Waals surface area contributed by atoms with Crippen LogP contribution < -0.4 is 4.74 Å². The van der Waals surface area contributed by atoms with Crippen LogP contribution in [-0.2, 0) is 4.79 Å². The van der Waals surface area contributed by atoms with Crippen molar-refractivity contribution in [1.82, 2.24) is 0 Å². The topological polar surface area (TPSA) is 46.5 Å². The van der Waals surface area contributed by atoms with Crippen molar-refractivity contribution >= 4 is 12.0 Å². The van der Waals surface area contributed by atoms with Crippen molar-refractivity contribution < 1.29 is 14.6 Å². The lowest BCUT2D eigenvalue weighted by atomic mass is 10.1. The maximum atomic E-state index is 10.6. The van der Waals surface area contributed by atoms with Gasteiger partial charge >= 0.3 is 5.97 Å². The summed E-state index contributed by atoms with van der Waals surface area (Å²) in [6.45, 7) is 0. The Balaban J connectivity index is 2.34. The Bertz CT molecular complexity index is 368. The molecule has 0 fully saturated rings. The summed E-state index contributed by atoms with van der Waals surface area (Å²) in [5.41, 5.74) is 0.917. The van der Waals surface area contributed by atoms with Crippen molar-refractivity contribution in [3.63, 3.8) is 0 Å². The fourth-order valence-electron chi connectivity index (χ4n) is 1.23. The maximum absolute atomic E-state index is 10.6. The molecule has 0 unspecified atom stereocenters. The third-order valence-electron chi connectivity index (χ3n) is 1.87. The number of hydrogen-bond donors (Lipinski definition) is 1. The fraction of sp³-hybridized carbons (Fsp3) is 0.100. The van der Waals surface area contributed by atoms with E-state index in [1.165, 1.54) is 6.08 Å². The highest BCUT2D eigenvalue weighted by Crippen LogP contribution is 2.25. The molecular weight excluding hydrogens is 168 g/mol. The predicted octanol–water partition coefficient (Wildman–Crippen LogP) is 1.55. The second kappa shape index (κ2) is 2.94. The van der Waals surface area contributed by atoms with Crippen LogP contribution in [0, 0.1) is 0 Å². The van der Waals surface area contributed by atoms with Crippen LogP contribution in [0.3, 0.4) is 0 Å². The van der Waals surface area contributed by atoms with Gasteiger partial charge in [0, 0.05) is 5.56 Å². The average Bonchev–Trinajstić information content (AvgIpc) is 2.17. The molecule has 1 atom stereocenters. The molecule has 2 rings (SSSR count). The first-order chi connectivity index (χ1) is 6.27. The van der Waals surface area contributed by atoms with Crippen LogP contribution in [0.4, 0.5) is 0 Å². The number of ether oxygens (including phenoxy) is 1. The minimum absolute atomic E-state index is 0.623. The van der Waals surface area contributed by atoms with E-state index in [0.29, 0.717) is 5.75 Å². The minimum Gasteiger partial charge on any atom is -0.478 e. The quantitative estimate of drug-likeness (QED) is 0.706. The summed E-state index contributed by atoms with van der Waals surface area (Å²) in [5.74, 6) is -0.344. The molecular formula is C10H8O3. The summed E-state index contributed by atoms with van der Waals surface area (Å²) >= 11 is 0. The van der Waals surface area contributed by atoms with Gasteiger partial charge in [-0.05, 0) is 12.1 Å². The second-order valence-electron chi connectivity index (χ2n) is 2.77. The lowest BCUT2D eigenvalue weighted by Crippen LogP contribution is -2.26. The van der Waals surface area contributed by atoms with Gasteiger partial charge in [-0.2, -0.15) is 0 Å². The highest BCUT2D eigenvalue weighted by atomic mass is 16.5. The largest absolute Gasteiger partial charge is 0.478 e. The Morgan fingerprint density at radius 3 is 2.92 bits per heavy atom. The molecule has 0 spiro atoms. The van der Waals surface area contributed by atoms with Crippen LogP contribution in [0.25, 0.3) is 6.08 Å². The molecule has 0 aliphatic carbocycles. The first kappa shape index (κ1) is 7.86. The van der Waals surface area contributed by atoms with E-state index in [-0.39, 0.29) is 0 Å². The van der Waals surface area contributed by atoms with E-state index in [4.69, 9.17) is 9.84 Å². The predicted molar refractivity (Wildman–Crippen MR) is 47.5 cm³/mol. The molecule has 1 heterocycles. The van der Waals surface area contributed by atoms with E-state index in [9.17, 15) is 4.79 Å². The number of rotatable bonds is 1. The van der Waals surface area contributed by atoms with Gasteiger partial charge in [0.1, 0.15) is 5.75 Å². The summed E-state index contributed by atoms with van der Waals surface area (Å²) in [7, 11) is 0. The van der Waals surface area contributed by atoms with Crippen molar-refractivity contribution in [2.75, 3.05) is 0 Å². The third-order valence-corrected chi connectivity index (χ3v) is 1.87. The Hall–Kier alpha value is -1.77. The zero-order valence-electron chi connectivity index (χ0n) is 6.81. The van der Waals surface area contributed by atoms with E-state index in [1.807, 2.05) is 18.2 Å². The Morgan fingerprint density at radius 1 is 1.38 bits per heavy atom. The van der Waals surface area contributed by atoms with Gasteiger partial charge in [0.25, 0.3) is 0 Å². The Labute approximate surface area is 75.3 Å². The first-order valence-electron chi connectivity index (χ1n) is 3.94. The summed E-state index contributed by atoms with van der Waals surface area (Å²) in [5, 5.41) is 8.69. The van der Waals surface area contributed by atoms with Crippen molar-refractivity contribution in [2.24, 2.45) is 0 Å². The average molecular weight is 176 g/mol. The molecule has 1 aliphatic heterocycles. The normalized spacial score (nSPS) is 18.9. The zero-order chi connectivity index (χ0) is 9.26. The molecule has 3 heteroatoms. The lowest BCUT2D eigenvalue weighted by molar-refractivity contribution is -0.142. The van der Waals surface area contributed by atoms with Crippen molar-refractivity contribution in [3.05, 3.63) is 35.9 Å². The van der Waals surface area contributed by atoms with Crippen LogP contribution in [0.5, 0.6) is 5.75 Å². The number of para-hydroxylation sites is 1. The molecule has 0 bridgehead atoms. The number of carboxylic acid groups (broad SMARTS) is 1. The standard InChI is InChI=1S/C10H8O3/c11-10(12)9-6-5-7-3-1-2-4-8(7)13-9/h1-6,9H,(H,11,12)/t9-/m0/s1. The van der Waals surface area contributed by atoms with Crippen molar-refractivity contribution in [3.8, 4) is 5.75 Å². The molecule has 0 radical (unpaired) electrons. The van der Waals surface area contributed by atoms with Crippen molar-refractivity contribution in [2.45, 2.75) is 6.10 Å². The highest BCUT2D eigenvalue weighted by molar-refractivity contribution is 5.78. The van der Waals surface area contributed by atoms with Crippen LogP contribution in [0.15, 0.2) is 30.3 Å². The Kier molecular flexibility index (Phi) is 1.77. The van der Waals surface area contributed by atoms with Crippen LogP contribution >= 0.6 is 0 Å². The molecule has 1 aromatic carbocycles. The summed E-state index contributed by atoms with van der Waals surface area (Å²) in [4.78, 5) is 10.6. The number of carbonyl (C=O) groups is 1. The summed E-state index contributed by atoms with van der Waals surface area (Å²) in [6, 6.07) is 7.34. The third kappa shape index (κ3) is 1.40. The van der Waals surface area contributed by atoms with Gasteiger partial charge in [0.05, 0.1) is 0 Å². The number of fused-ring (bicyclic) bond motifs is 1. The summed E-state index contributed by atoms with van der Waals surface area (Å²) < 4.78 is 5.21. The molecule has 1 aromatic rings. The molecule has 13 heavy (non-hydrogen) atoms. The monoisotopic (exact) mass is 176 g/mol. The van der Waals surface area contributed by atoms with Gasteiger partial charge in [-0.25, -0.2) is 4.79 Å². The van der Waals surface area contributed by atoms with Crippen LogP contribution in [0.1, 0.15) is 5.56 Å². The van der Waals surface area contributed by atoms with Gasteiger partial charge in [0.2, 0.25) is 6.10 Å². The van der Waals surface area contributed by atoms with E-state index in [1.54, 1.807) is 12.1 Å². The number of carboxylic acids is 1. The molecule has 1 N–H and O–H groups in total. The van der Waals surface area contributed by atoms with E-state index >= 15 is 0 Å². The summed E-state index contributed by atoms with van der Waals surface area (Å²) in [6.07, 6.45) is 2.44. The Morgan fingerprint density at radius 2 is 2.15 bits per heavy atom. The zero-order valence-corrected chi connectivity index (χ0v) is 6.81. The molecule has 0 saturated heterocycles. The van der Waals surface area contributed by atoms with E-state index < -0.39 is 12.1 Å². The van der Waals surface area contributed by atoms with Crippen LogP contribution in [-0.4, -0.2) is 17.2 Å². The highest BCUT2D eigenvalue weighted by Gasteiger charge is 2.20. The SMILES string of the molecule is O=C(O)[C@@H]1C=Cc2ccccc2O1. The van der Waals surface area contributed by atoms with Crippen LogP contribution in [0.2, 0.25) is 0 Å². The van der Waals surface area contributed by atoms with Gasteiger partial charge in [-0.15, -0.1) is 0 Å². The fourth-order valence-corrected chi connectivity index (χ4v) is 1.23. The molecule has 66 valence electrons.